The maximum atomic E-state index is 12.2. The minimum atomic E-state index is 0.0546. The Hall–Kier alpha value is -1.84. The molecule has 0 atom stereocenters. The lowest BCUT2D eigenvalue weighted by atomic mass is 10.1. The minimum Gasteiger partial charge on any atom is -0.342 e. The van der Waals surface area contributed by atoms with Gasteiger partial charge in [-0.15, -0.1) is 0 Å². The number of benzene rings is 1. The second-order valence-electron chi connectivity index (χ2n) is 5.97. The number of likely N-dealkylation sites (tertiary alicyclic amines) is 1. The second kappa shape index (κ2) is 8.57. The molecule has 2 amide bonds. The van der Waals surface area contributed by atoms with Gasteiger partial charge in [-0.05, 0) is 43.4 Å². The highest BCUT2D eigenvalue weighted by atomic mass is 16.2. The van der Waals surface area contributed by atoms with Crippen LogP contribution in [0.25, 0.3) is 0 Å². The fourth-order valence-electron chi connectivity index (χ4n) is 2.70. The molecule has 1 aromatic rings. The van der Waals surface area contributed by atoms with Gasteiger partial charge in [-0.25, -0.2) is 0 Å². The Morgan fingerprint density at radius 3 is 2.41 bits per heavy atom. The number of anilines is 1. The van der Waals surface area contributed by atoms with Crippen LogP contribution in [0.1, 0.15) is 51.0 Å². The number of amides is 2. The quantitative estimate of drug-likeness (QED) is 0.876. The number of unbranched alkanes of at least 4 members (excludes halogenated alkanes) is 1. The first-order valence-corrected chi connectivity index (χ1v) is 8.35. The number of nitrogens with one attached hydrogen (secondary N) is 1. The number of nitrogens with zero attached hydrogens (tertiary/aromatic N) is 1. The topological polar surface area (TPSA) is 49.4 Å². The highest BCUT2D eigenvalue weighted by Gasteiger charge is 2.16. The van der Waals surface area contributed by atoms with Gasteiger partial charge < -0.3 is 10.2 Å². The summed E-state index contributed by atoms with van der Waals surface area (Å²) in [7, 11) is 0. The fraction of sp³-hybridized carbons (Fsp3) is 0.556. The molecule has 2 rings (SSSR count). The minimum absolute atomic E-state index is 0.0546. The lowest BCUT2D eigenvalue weighted by Crippen LogP contribution is -2.36. The molecule has 1 aromatic carbocycles. The van der Waals surface area contributed by atoms with Crippen LogP contribution < -0.4 is 5.32 Å². The van der Waals surface area contributed by atoms with Crippen molar-refractivity contribution in [3.8, 4) is 0 Å². The molecule has 4 heteroatoms. The van der Waals surface area contributed by atoms with Crippen molar-refractivity contribution in [2.24, 2.45) is 0 Å². The van der Waals surface area contributed by atoms with E-state index in [1.54, 1.807) is 0 Å². The summed E-state index contributed by atoms with van der Waals surface area (Å²) in [5, 5.41) is 2.89. The molecular weight excluding hydrogens is 276 g/mol. The van der Waals surface area contributed by atoms with E-state index in [0.29, 0.717) is 12.8 Å². The van der Waals surface area contributed by atoms with Crippen LogP contribution in [0.15, 0.2) is 24.3 Å². The molecule has 120 valence electrons. The maximum absolute atomic E-state index is 12.2. The van der Waals surface area contributed by atoms with Crippen LogP contribution in [0, 0.1) is 0 Å². The summed E-state index contributed by atoms with van der Waals surface area (Å²) in [6.07, 6.45) is 6.41. The molecule has 1 N–H and O–H groups in total. The van der Waals surface area contributed by atoms with Crippen LogP contribution in [0.2, 0.25) is 0 Å². The third-order valence-electron chi connectivity index (χ3n) is 4.06. The van der Waals surface area contributed by atoms with Crippen molar-refractivity contribution < 1.29 is 9.59 Å². The molecule has 22 heavy (non-hydrogen) atoms. The van der Waals surface area contributed by atoms with Crippen LogP contribution in [0.5, 0.6) is 0 Å². The summed E-state index contributed by atoms with van der Waals surface area (Å²) in [6, 6.07) is 7.61. The zero-order valence-electron chi connectivity index (χ0n) is 13.4. The Balaban J connectivity index is 1.83. The zero-order chi connectivity index (χ0) is 15.8. The standard InChI is InChI=1S/C18H26N2O2/c1-2-3-7-17(21)19-16-10-8-15(9-11-16)14-18(22)20-12-5-4-6-13-20/h8-11H,2-7,12-14H2,1H3,(H,19,21). The molecule has 0 unspecified atom stereocenters. The van der Waals surface area contributed by atoms with Crippen LogP contribution in [0.3, 0.4) is 0 Å². The van der Waals surface area contributed by atoms with Crippen molar-refractivity contribution in [2.75, 3.05) is 18.4 Å². The monoisotopic (exact) mass is 302 g/mol. The first-order chi connectivity index (χ1) is 10.7. The number of carbonyl (C=O) groups excluding carboxylic acids is 2. The third kappa shape index (κ3) is 5.17. The van der Waals surface area contributed by atoms with Crippen molar-refractivity contribution in [1.29, 1.82) is 0 Å². The predicted molar refractivity (Wildman–Crippen MR) is 88.7 cm³/mol. The Labute approximate surface area is 132 Å². The SMILES string of the molecule is CCCCC(=O)Nc1ccc(CC(=O)N2CCCCC2)cc1. The molecule has 0 spiro atoms. The van der Waals surface area contributed by atoms with Gasteiger partial charge in [0.05, 0.1) is 6.42 Å². The number of rotatable bonds is 6. The lowest BCUT2D eigenvalue weighted by Gasteiger charge is -2.26. The van der Waals surface area contributed by atoms with Crippen molar-refractivity contribution in [2.45, 2.75) is 51.9 Å². The van der Waals surface area contributed by atoms with Gasteiger partial charge in [0.25, 0.3) is 0 Å². The van der Waals surface area contributed by atoms with Gasteiger partial charge in [0.2, 0.25) is 11.8 Å². The Kier molecular flexibility index (Phi) is 6.44. The van der Waals surface area contributed by atoms with Crippen LogP contribution >= 0.6 is 0 Å². The van der Waals surface area contributed by atoms with Gasteiger partial charge in [0.1, 0.15) is 0 Å². The molecule has 1 heterocycles. The van der Waals surface area contributed by atoms with E-state index in [2.05, 4.69) is 12.2 Å². The molecule has 1 aliphatic rings. The Morgan fingerprint density at radius 2 is 1.77 bits per heavy atom. The molecule has 1 fully saturated rings. The molecule has 1 aliphatic heterocycles. The van der Waals surface area contributed by atoms with Gasteiger partial charge in [-0.3, -0.25) is 9.59 Å². The van der Waals surface area contributed by atoms with E-state index in [1.807, 2.05) is 29.2 Å². The number of carbonyl (C=O) groups is 2. The summed E-state index contributed by atoms with van der Waals surface area (Å²) in [6.45, 7) is 3.86. The largest absolute Gasteiger partial charge is 0.342 e. The smallest absolute Gasteiger partial charge is 0.226 e. The third-order valence-corrected chi connectivity index (χ3v) is 4.06. The molecule has 4 nitrogen and oxygen atoms in total. The number of piperidine rings is 1. The van der Waals surface area contributed by atoms with E-state index in [9.17, 15) is 9.59 Å². The molecule has 0 aromatic heterocycles. The highest BCUT2D eigenvalue weighted by Crippen LogP contribution is 2.14. The highest BCUT2D eigenvalue weighted by molar-refractivity contribution is 5.90. The lowest BCUT2D eigenvalue weighted by molar-refractivity contribution is -0.131. The van der Waals surface area contributed by atoms with E-state index in [4.69, 9.17) is 0 Å². The second-order valence-corrected chi connectivity index (χ2v) is 5.97. The van der Waals surface area contributed by atoms with E-state index >= 15 is 0 Å². The summed E-state index contributed by atoms with van der Waals surface area (Å²) < 4.78 is 0. The average molecular weight is 302 g/mol. The summed E-state index contributed by atoms with van der Waals surface area (Å²) in [4.78, 5) is 25.8. The molecule has 0 radical (unpaired) electrons. The zero-order valence-corrected chi connectivity index (χ0v) is 13.4. The Bertz CT molecular complexity index is 490. The van der Waals surface area contributed by atoms with Gasteiger partial charge in [0, 0.05) is 25.2 Å². The van der Waals surface area contributed by atoms with Crippen molar-refractivity contribution in [3.05, 3.63) is 29.8 Å². The van der Waals surface area contributed by atoms with Crippen LogP contribution in [0.4, 0.5) is 5.69 Å². The first kappa shape index (κ1) is 16.5. The maximum Gasteiger partial charge on any atom is 0.226 e. The summed E-state index contributed by atoms with van der Waals surface area (Å²) in [5.41, 5.74) is 1.80. The van der Waals surface area contributed by atoms with Crippen LogP contribution in [-0.4, -0.2) is 29.8 Å². The van der Waals surface area contributed by atoms with E-state index in [0.717, 1.165) is 50.0 Å². The van der Waals surface area contributed by atoms with E-state index in [-0.39, 0.29) is 11.8 Å². The predicted octanol–water partition coefficient (Wildman–Crippen LogP) is 3.37. The fourth-order valence-corrected chi connectivity index (χ4v) is 2.70. The number of hydrogen-bond donors (Lipinski definition) is 1. The molecule has 0 aliphatic carbocycles. The molecule has 0 saturated carbocycles. The van der Waals surface area contributed by atoms with Crippen molar-refractivity contribution in [1.82, 2.24) is 4.90 Å². The van der Waals surface area contributed by atoms with Gasteiger partial charge >= 0.3 is 0 Å². The van der Waals surface area contributed by atoms with E-state index < -0.39 is 0 Å². The summed E-state index contributed by atoms with van der Waals surface area (Å²) >= 11 is 0. The van der Waals surface area contributed by atoms with Crippen molar-refractivity contribution in [3.63, 3.8) is 0 Å². The number of hydrogen-bond acceptors (Lipinski definition) is 2. The molecular formula is C18H26N2O2. The van der Waals surface area contributed by atoms with Crippen molar-refractivity contribution >= 4 is 17.5 Å². The first-order valence-electron chi connectivity index (χ1n) is 8.35. The van der Waals surface area contributed by atoms with E-state index in [1.165, 1.54) is 6.42 Å². The van der Waals surface area contributed by atoms with Gasteiger partial charge in [-0.1, -0.05) is 25.5 Å². The van der Waals surface area contributed by atoms with Gasteiger partial charge in [-0.2, -0.15) is 0 Å². The Morgan fingerprint density at radius 1 is 1.09 bits per heavy atom. The van der Waals surface area contributed by atoms with Gasteiger partial charge in [0.15, 0.2) is 0 Å². The average Bonchev–Trinajstić information content (AvgIpc) is 2.55. The normalized spacial score (nSPS) is 14.7. The molecule has 0 bridgehead atoms. The van der Waals surface area contributed by atoms with Crippen LogP contribution in [-0.2, 0) is 16.0 Å². The molecule has 1 saturated heterocycles. The summed E-state index contributed by atoms with van der Waals surface area (Å²) in [5.74, 6) is 0.262.